The SMILES string of the molecule is CC(C)S(=O)(=O)c1ccc(CC(=O)N2CCCC(c3nnc(-c4ccccc4F)s3)C2)cc1. The van der Waals surface area contributed by atoms with E-state index in [0.717, 1.165) is 23.4 Å². The van der Waals surface area contributed by atoms with Gasteiger partial charge in [0, 0.05) is 24.6 Å². The molecule has 2 heterocycles. The monoisotopic (exact) mass is 487 g/mol. The molecule has 0 aliphatic carbocycles. The summed E-state index contributed by atoms with van der Waals surface area (Å²) in [6, 6.07) is 13.1. The lowest BCUT2D eigenvalue weighted by atomic mass is 9.98. The summed E-state index contributed by atoms with van der Waals surface area (Å²) in [6.45, 7) is 4.52. The molecule has 0 bridgehead atoms. The second-order valence-corrected chi connectivity index (χ2v) is 12.0. The summed E-state index contributed by atoms with van der Waals surface area (Å²) < 4.78 is 38.7. The smallest absolute Gasteiger partial charge is 0.227 e. The molecule has 0 spiro atoms. The molecule has 1 saturated heterocycles. The zero-order valence-corrected chi connectivity index (χ0v) is 20.2. The van der Waals surface area contributed by atoms with E-state index in [1.807, 2.05) is 4.90 Å². The van der Waals surface area contributed by atoms with E-state index in [2.05, 4.69) is 10.2 Å². The van der Waals surface area contributed by atoms with Crippen molar-refractivity contribution in [3.63, 3.8) is 0 Å². The summed E-state index contributed by atoms with van der Waals surface area (Å²) >= 11 is 1.37. The molecule has 0 N–H and O–H groups in total. The van der Waals surface area contributed by atoms with Crippen LogP contribution in [0, 0.1) is 5.82 Å². The van der Waals surface area contributed by atoms with E-state index in [0.29, 0.717) is 23.7 Å². The van der Waals surface area contributed by atoms with Gasteiger partial charge in [-0.1, -0.05) is 35.6 Å². The van der Waals surface area contributed by atoms with Crippen molar-refractivity contribution in [1.82, 2.24) is 15.1 Å². The molecule has 1 aliphatic heterocycles. The number of carbonyl (C=O) groups is 1. The van der Waals surface area contributed by atoms with Crippen LogP contribution in [-0.2, 0) is 21.1 Å². The van der Waals surface area contributed by atoms with E-state index in [1.165, 1.54) is 17.4 Å². The first-order valence-corrected chi connectivity index (χ1v) is 13.3. The van der Waals surface area contributed by atoms with Gasteiger partial charge in [-0.05, 0) is 56.5 Å². The second-order valence-electron chi connectivity index (χ2n) is 8.52. The number of sulfone groups is 1. The fourth-order valence-electron chi connectivity index (χ4n) is 3.90. The first-order valence-electron chi connectivity index (χ1n) is 10.9. The number of piperidine rings is 1. The highest BCUT2D eigenvalue weighted by Crippen LogP contribution is 2.33. The predicted octanol–water partition coefficient (Wildman–Crippen LogP) is 4.48. The molecule has 1 atom stereocenters. The fourth-order valence-corrected chi connectivity index (χ4v) is 5.96. The van der Waals surface area contributed by atoms with Gasteiger partial charge in [-0.25, -0.2) is 12.8 Å². The molecular formula is C24H26FN3O3S2. The van der Waals surface area contributed by atoms with Gasteiger partial charge in [0.05, 0.1) is 16.6 Å². The number of hydrogen-bond donors (Lipinski definition) is 0. The van der Waals surface area contributed by atoms with Crippen molar-refractivity contribution in [1.29, 1.82) is 0 Å². The lowest BCUT2D eigenvalue weighted by Crippen LogP contribution is -2.39. The number of rotatable bonds is 6. The highest BCUT2D eigenvalue weighted by molar-refractivity contribution is 7.92. The average Bonchev–Trinajstić information content (AvgIpc) is 3.30. The molecule has 9 heteroatoms. The lowest BCUT2D eigenvalue weighted by Gasteiger charge is -2.31. The standard InChI is InChI=1S/C24H26FN3O3S2/c1-16(2)33(30,31)19-11-9-17(10-12-19)14-22(29)28-13-5-6-18(15-28)23-26-27-24(32-23)20-7-3-4-8-21(20)25/h3-4,7-12,16,18H,5-6,13-15H2,1-2H3. The van der Waals surface area contributed by atoms with Crippen molar-refractivity contribution >= 4 is 27.1 Å². The molecule has 174 valence electrons. The summed E-state index contributed by atoms with van der Waals surface area (Å²) in [4.78, 5) is 15.0. The molecule has 1 aromatic heterocycles. The van der Waals surface area contributed by atoms with Gasteiger partial charge in [-0.2, -0.15) is 0 Å². The Kier molecular flexibility index (Phi) is 6.90. The van der Waals surface area contributed by atoms with Crippen molar-refractivity contribution in [3.05, 3.63) is 64.9 Å². The third-order valence-corrected chi connectivity index (χ3v) is 9.19. The van der Waals surface area contributed by atoms with Crippen LogP contribution in [0.4, 0.5) is 4.39 Å². The fraction of sp³-hybridized carbons (Fsp3) is 0.375. The molecule has 1 amide bonds. The number of likely N-dealkylation sites (tertiary alicyclic amines) is 1. The topological polar surface area (TPSA) is 80.2 Å². The van der Waals surface area contributed by atoms with Crippen LogP contribution < -0.4 is 0 Å². The highest BCUT2D eigenvalue weighted by Gasteiger charge is 2.28. The van der Waals surface area contributed by atoms with Crippen molar-refractivity contribution in [2.45, 2.75) is 49.2 Å². The maximum Gasteiger partial charge on any atom is 0.227 e. The number of benzene rings is 2. The lowest BCUT2D eigenvalue weighted by molar-refractivity contribution is -0.131. The molecule has 6 nitrogen and oxygen atoms in total. The molecule has 4 rings (SSSR count). The summed E-state index contributed by atoms with van der Waals surface area (Å²) in [5, 5.41) is 9.33. The zero-order chi connectivity index (χ0) is 23.6. The van der Waals surface area contributed by atoms with Gasteiger partial charge in [0.2, 0.25) is 5.91 Å². The van der Waals surface area contributed by atoms with Gasteiger partial charge in [0.15, 0.2) is 14.8 Å². The summed E-state index contributed by atoms with van der Waals surface area (Å²) in [7, 11) is -3.33. The number of aromatic nitrogens is 2. The Morgan fingerprint density at radius 3 is 2.58 bits per heavy atom. The molecule has 2 aromatic carbocycles. The van der Waals surface area contributed by atoms with Gasteiger partial charge in [0.25, 0.3) is 0 Å². The van der Waals surface area contributed by atoms with E-state index < -0.39 is 15.1 Å². The van der Waals surface area contributed by atoms with Crippen LogP contribution in [0.25, 0.3) is 10.6 Å². The Morgan fingerprint density at radius 2 is 1.88 bits per heavy atom. The van der Waals surface area contributed by atoms with Crippen LogP contribution in [0.3, 0.4) is 0 Å². The minimum absolute atomic E-state index is 0.00184. The largest absolute Gasteiger partial charge is 0.342 e. The van der Waals surface area contributed by atoms with E-state index in [4.69, 9.17) is 0 Å². The maximum absolute atomic E-state index is 14.1. The third kappa shape index (κ3) is 5.14. The number of carbonyl (C=O) groups excluding carboxylic acids is 1. The minimum atomic E-state index is -3.33. The number of hydrogen-bond acceptors (Lipinski definition) is 6. The first-order chi connectivity index (χ1) is 15.8. The summed E-state index contributed by atoms with van der Waals surface area (Å²) in [6.07, 6.45) is 1.97. The Morgan fingerprint density at radius 1 is 1.15 bits per heavy atom. The molecule has 0 saturated carbocycles. The zero-order valence-electron chi connectivity index (χ0n) is 18.6. The van der Waals surface area contributed by atoms with Crippen LogP contribution in [0.1, 0.15) is 43.2 Å². The normalized spacial score (nSPS) is 16.8. The Labute approximate surface area is 197 Å². The molecular weight excluding hydrogens is 461 g/mol. The van der Waals surface area contributed by atoms with Gasteiger partial charge in [0.1, 0.15) is 10.8 Å². The number of halogens is 1. The predicted molar refractivity (Wildman–Crippen MR) is 126 cm³/mol. The van der Waals surface area contributed by atoms with Crippen molar-refractivity contribution < 1.29 is 17.6 Å². The van der Waals surface area contributed by atoms with Crippen LogP contribution in [0.2, 0.25) is 0 Å². The summed E-state index contributed by atoms with van der Waals surface area (Å²) in [5.41, 5.74) is 1.22. The van der Waals surface area contributed by atoms with Gasteiger partial charge in [-0.3, -0.25) is 4.79 Å². The van der Waals surface area contributed by atoms with Gasteiger partial charge >= 0.3 is 0 Å². The van der Waals surface area contributed by atoms with Crippen molar-refractivity contribution in [3.8, 4) is 10.6 Å². The van der Waals surface area contributed by atoms with Gasteiger partial charge in [-0.15, -0.1) is 10.2 Å². The number of amides is 1. The Balaban J connectivity index is 1.42. The van der Waals surface area contributed by atoms with Gasteiger partial charge < -0.3 is 4.90 Å². The van der Waals surface area contributed by atoms with Crippen LogP contribution in [0.15, 0.2) is 53.4 Å². The third-order valence-electron chi connectivity index (χ3n) is 5.90. The van der Waals surface area contributed by atoms with E-state index in [-0.39, 0.29) is 29.0 Å². The maximum atomic E-state index is 14.1. The van der Waals surface area contributed by atoms with Crippen molar-refractivity contribution in [2.75, 3.05) is 13.1 Å². The van der Waals surface area contributed by atoms with E-state index >= 15 is 0 Å². The molecule has 0 radical (unpaired) electrons. The minimum Gasteiger partial charge on any atom is -0.342 e. The van der Waals surface area contributed by atoms with E-state index in [1.54, 1.807) is 56.3 Å². The van der Waals surface area contributed by atoms with Crippen LogP contribution in [-0.4, -0.2) is 47.8 Å². The van der Waals surface area contributed by atoms with E-state index in [9.17, 15) is 17.6 Å². The molecule has 1 fully saturated rings. The van der Waals surface area contributed by atoms with Crippen molar-refractivity contribution in [2.24, 2.45) is 0 Å². The Bertz CT molecular complexity index is 1240. The molecule has 33 heavy (non-hydrogen) atoms. The quantitative estimate of drug-likeness (QED) is 0.512. The summed E-state index contributed by atoms with van der Waals surface area (Å²) in [5.74, 6) is -0.259. The molecule has 1 aliphatic rings. The number of nitrogens with zero attached hydrogens (tertiary/aromatic N) is 3. The molecule has 1 unspecified atom stereocenters. The molecule has 3 aromatic rings. The average molecular weight is 488 g/mol. The van der Waals surface area contributed by atoms with Crippen LogP contribution >= 0.6 is 11.3 Å². The highest BCUT2D eigenvalue weighted by atomic mass is 32.2. The Hall–Kier alpha value is -2.65. The van der Waals surface area contributed by atoms with Crippen LogP contribution in [0.5, 0.6) is 0 Å². The second kappa shape index (κ2) is 9.69. The first kappa shape index (κ1) is 23.5.